The van der Waals surface area contributed by atoms with E-state index in [1.54, 1.807) is 0 Å². The zero-order valence-electron chi connectivity index (χ0n) is 16.7. The summed E-state index contributed by atoms with van der Waals surface area (Å²) in [7, 11) is 0. The van der Waals surface area contributed by atoms with Crippen molar-refractivity contribution >= 4 is 5.91 Å². The van der Waals surface area contributed by atoms with Gasteiger partial charge in [-0.3, -0.25) is 4.79 Å². The van der Waals surface area contributed by atoms with Gasteiger partial charge in [0.2, 0.25) is 0 Å². The number of nitrogens with one attached hydrogen (secondary N) is 1. The van der Waals surface area contributed by atoms with Crippen molar-refractivity contribution in [3.05, 3.63) is 82.7 Å². The molecule has 0 spiro atoms. The molecule has 4 nitrogen and oxygen atoms in total. The lowest BCUT2D eigenvalue weighted by Crippen LogP contribution is -2.29. The van der Waals surface area contributed by atoms with Gasteiger partial charge in [-0.05, 0) is 49.3 Å². The van der Waals surface area contributed by atoms with Crippen LogP contribution in [0.2, 0.25) is 0 Å². The van der Waals surface area contributed by atoms with Crippen molar-refractivity contribution in [2.75, 3.05) is 0 Å². The second kappa shape index (κ2) is 7.35. The van der Waals surface area contributed by atoms with Gasteiger partial charge in [-0.15, -0.1) is 0 Å². The van der Waals surface area contributed by atoms with E-state index >= 15 is 0 Å². The van der Waals surface area contributed by atoms with Crippen LogP contribution in [0, 0.1) is 11.6 Å². The fourth-order valence-corrected chi connectivity index (χ4v) is 5.07. The van der Waals surface area contributed by atoms with Crippen LogP contribution in [0.5, 0.6) is 0 Å². The maximum absolute atomic E-state index is 14.5. The number of aromatic nitrogens is 2. The standard InChI is InChI=1S/C24H23F2N3O/c1-2-19(14-6-4-3-5-7-14)27-24(30)22-21-15-8-9-16(12-15)23(21)29(28-22)20-11-10-17(25)13-18(20)26/h3-7,10-11,13,15-16,19H,2,8-9,12H2,1H3,(H,27,30)/t15?,16?,19-/m0/s1. The van der Waals surface area contributed by atoms with Crippen LogP contribution in [-0.2, 0) is 0 Å². The Morgan fingerprint density at radius 3 is 2.67 bits per heavy atom. The number of hydrogen-bond donors (Lipinski definition) is 1. The molecule has 2 aliphatic carbocycles. The SMILES string of the molecule is CC[C@H](NC(=O)c1nn(-c2ccc(F)cc2F)c2c1C1CCC2C1)c1ccccc1. The Morgan fingerprint density at radius 1 is 1.17 bits per heavy atom. The van der Waals surface area contributed by atoms with Crippen molar-refractivity contribution in [2.24, 2.45) is 0 Å². The first-order valence-electron chi connectivity index (χ1n) is 10.5. The van der Waals surface area contributed by atoms with Gasteiger partial charge in [0.05, 0.1) is 11.7 Å². The molecule has 0 saturated heterocycles. The summed E-state index contributed by atoms with van der Waals surface area (Å²) in [5.74, 6) is -1.01. The van der Waals surface area contributed by atoms with E-state index in [1.165, 1.54) is 16.8 Å². The maximum Gasteiger partial charge on any atom is 0.272 e. The van der Waals surface area contributed by atoms with Gasteiger partial charge >= 0.3 is 0 Å². The van der Waals surface area contributed by atoms with Gasteiger partial charge in [0.15, 0.2) is 11.5 Å². The van der Waals surface area contributed by atoms with Crippen molar-refractivity contribution in [3.8, 4) is 5.69 Å². The van der Waals surface area contributed by atoms with E-state index in [9.17, 15) is 13.6 Å². The molecule has 1 N–H and O–H groups in total. The smallest absolute Gasteiger partial charge is 0.272 e. The molecule has 6 heteroatoms. The molecule has 1 aromatic heterocycles. The van der Waals surface area contributed by atoms with Crippen LogP contribution < -0.4 is 5.32 Å². The summed E-state index contributed by atoms with van der Waals surface area (Å²) in [6.07, 6.45) is 3.74. The molecular weight excluding hydrogens is 384 g/mol. The quantitative estimate of drug-likeness (QED) is 0.616. The number of halogens is 2. The lowest BCUT2D eigenvalue weighted by molar-refractivity contribution is 0.0928. The average Bonchev–Trinajstić information content (AvgIpc) is 3.45. The summed E-state index contributed by atoms with van der Waals surface area (Å²) < 4.78 is 29.5. The fraction of sp³-hybridized carbons (Fsp3) is 0.333. The summed E-state index contributed by atoms with van der Waals surface area (Å²) in [5.41, 5.74) is 3.45. The van der Waals surface area contributed by atoms with E-state index in [1.807, 2.05) is 37.3 Å². The predicted octanol–water partition coefficient (Wildman–Crippen LogP) is 5.40. The Morgan fingerprint density at radius 2 is 1.93 bits per heavy atom. The minimum absolute atomic E-state index is 0.124. The highest BCUT2D eigenvalue weighted by Crippen LogP contribution is 2.54. The van der Waals surface area contributed by atoms with Crippen LogP contribution in [0.3, 0.4) is 0 Å². The van der Waals surface area contributed by atoms with Crippen molar-refractivity contribution in [1.82, 2.24) is 15.1 Å². The molecule has 1 amide bonds. The highest BCUT2D eigenvalue weighted by atomic mass is 19.1. The molecule has 30 heavy (non-hydrogen) atoms. The molecule has 5 rings (SSSR count). The molecule has 2 aromatic carbocycles. The van der Waals surface area contributed by atoms with Crippen LogP contribution in [0.25, 0.3) is 5.69 Å². The minimum atomic E-state index is -0.675. The number of carbonyl (C=O) groups excluding carboxylic acids is 1. The number of fused-ring (bicyclic) bond motifs is 5. The average molecular weight is 407 g/mol. The number of hydrogen-bond acceptors (Lipinski definition) is 2. The number of benzene rings is 2. The summed E-state index contributed by atoms with van der Waals surface area (Å²) in [6.45, 7) is 2.02. The van der Waals surface area contributed by atoms with E-state index in [2.05, 4.69) is 10.4 Å². The Bertz CT molecular complexity index is 1110. The molecule has 2 bridgehead atoms. The Hall–Kier alpha value is -3.02. The molecule has 1 saturated carbocycles. The molecule has 3 atom stereocenters. The first-order valence-corrected chi connectivity index (χ1v) is 10.5. The van der Waals surface area contributed by atoms with Gasteiger partial charge in [0.1, 0.15) is 11.5 Å². The highest BCUT2D eigenvalue weighted by Gasteiger charge is 2.44. The van der Waals surface area contributed by atoms with Gasteiger partial charge in [-0.1, -0.05) is 37.3 Å². The second-order valence-corrected chi connectivity index (χ2v) is 8.21. The molecule has 2 aliphatic rings. The number of amides is 1. The van der Waals surface area contributed by atoms with Crippen molar-refractivity contribution in [1.29, 1.82) is 0 Å². The molecule has 3 aromatic rings. The first kappa shape index (κ1) is 19.0. The third kappa shape index (κ3) is 3.02. The van der Waals surface area contributed by atoms with E-state index in [4.69, 9.17) is 0 Å². The topological polar surface area (TPSA) is 46.9 Å². The van der Waals surface area contributed by atoms with E-state index in [0.717, 1.165) is 48.6 Å². The molecule has 2 unspecified atom stereocenters. The lowest BCUT2D eigenvalue weighted by Gasteiger charge is -2.18. The molecule has 154 valence electrons. The second-order valence-electron chi connectivity index (χ2n) is 8.21. The Kier molecular flexibility index (Phi) is 4.65. The van der Waals surface area contributed by atoms with Gasteiger partial charge in [-0.25, -0.2) is 13.5 Å². The van der Waals surface area contributed by atoms with Crippen molar-refractivity contribution in [2.45, 2.75) is 50.5 Å². The molecule has 1 fully saturated rings. The molecule has 1 heterocycles. The molecule has 0 aliphatic heterocycles. The van der Waals surface area contributed by atoms with Crippen LogP contribution >= 0.6 is 0 Å². The van der Waals surface area contributed by atoms with Crippen LogP contribution in [-0.4, -0.2) is 15.7 Å². The van der Waals surface area contributed by atoms with Crippen molar-refractivity contribution in [3.63, 3.8) is 0 Å². The van der Waals surface area contributed by atoms with Gasteiger partial charge in [-0.2, -0.15) is 5.10 Å². The Balaban J connectivity index is 1.55. The zero-order chi connectivity index (χ0) is 20.8. The van der Waals surface area contributed by atoms with Crippen LogP contribution in [0.4, 0.5) is 8.78 Å². The largest absolute Gasteiger partial charge is 0.344 e. The van der Waals surface area contributed by atoms with Crippen LogP contribution in [0.1, 0.15) is 77.8 Å². The summed E-state index contributed by atoms with van der Waals surface area (Å²) >= 11 is 0. The third-order valence-corrected chi connectivity index (χ3v) is 6.46. The van der Waals surface area contributed by atoms with Gasteiger partial charge in [0.25, 0.3) is 5.91 Å². The monoisotopic (exact) mass is 407 g/mol. The zero-order valence-corrected chi connectivity index (χ0v) is 16.7. The maximum atomic E-state index is 14.5. The van der Waals surface area contributed by atoms with Crippen LogP contribution in [0.15, 0.2) is 48.5 Å². The fourth-order valence-electron chi connectivity index (χ4n) is 5.07. The minimum Gasteiger partial charge on any atom is -0.344 e. The molecular formula is C24H23F2N3O. The number of nitrogens with zero attached hydrogens (tertiary/aromatic N) is 2. The van der Waals surface area contributed by atoms with Crippen molar-refractivity contribution < 1.29 is 13.6 Å². The summed E-state index contributed by atoms with van der Waals surface area (Å²) in [6, 6.07) is 13.2. The van der Waals surface area contributed by atoms with Gasteiger partial charge in [0, 0.05) is 17.5 Å². The van der Waals surface area contributed by atoms with E-state index in [0.29, 0.717) is 5.69 Å². The van der Waals surface area contributed by atoms with E-state index in [-0.39, 0.29) is 29.5 Å². The molecule has 0 radical (unpaired) electrons. The first-order chi connectivity index (χ1) is 14.6. The summed E-state index contributed by atoms with van der Waals surface area (Å²) in [5, 5.41) is 7.67. The highest BCUT2D eigenvalue weighted by molar-refractivity contribution is 5.95. The normalized spacial score (nSPS) is 20.2. The number of carbonyl (C=O) groups is 1. The summed E-state index contributed by atoms with van der Waals surface area (Å²) in [4.78, 5) is 13.3. The number of rotatable bonds is 5. The van der Waals surface area contributed by atoms with Gasteiger partial charge < -0.3 is 5.32 Å². The predicted molar refractivity (Wildman–Crippen MR) is 110 cm³/mol. The van der Waals surface area contributed by atoms with E-state index < -0.39 is 11.6 Å². The Labute approximate surface area is 173 Å². The lowest BCUT2D eigenvalue weighted by atomic mass is 9.95. The third-order valence-electron chi connectivity index (χ3n) is 6.46.